The smallest absolute Gasteiger partial charge is 0.101 e. The molecule has 0 aromatic heterocycles. The Morgan fingerprint density at radius 3 is 2.83 bits per heavy atom. The van der Waals surface area contributed by atoms with E-state index >= 15 is 0 Å². The minimum absolute atomic E-state index is 0.145. The molecule has 4 heteroatoms. The largest absolute Gasteiger partial charge is 0.393 e. The second kappa shape index (κ2) is 4.46. The van der Waals surface area contributed by atoms with Crippen molar-refractivity contribution in [3.8, 4) is 6.07 Å². The lowest BCUT2D eigenvalue weighted by Crippen LogP contribution is -2.24. The van der Waals surface area contributed by atoms with Gasteiger partial charge in [0.25, 0.3) is 0 Å². The number of aliphatic hydroxyl groups excluding tert-OH is 1. The zero-order chi connectivity index (χ0) is 12.7. The van der Waals surface area contributed by atoms with E-state index in [4.69, 9.17) is 16.9 Å². The predicted molar refractivity (Wildman–Crippen MR) is 70.6 cm³/mol. The van der Waals surface area contributed by atoms with Crippen molar-refractivity contribution in [1.29, 1.82) is 5.26 Å². The van der Waals surface area contributed by atoms with Crippen LogP contribution in [0.3, 0.4) is 0 Å². The summed E-state index contributed by atoms with van der Waals surface area (Å²) in [6.07, 6.45) is 1.91. The summed E-state index contributed by atoms with van der Waals surface area (Å²) in [4.78, 5) is 2.27. The van der Waals surface area contributed by atoms with E-state index < -0.39 is 0 Å². The van der Waals surface area contributed by atoms with Crippen LogP contribution in [-0.4, -0.2) is 24.3 Å². The molecule has 0 radical (unpaired) electrons. The fourth-order valence-corrected chi connectivity index (χ4v) is 3.46. The highest BCUT2D eigenvalue weighted by Gasteiger charge is 2.41. The number of anilines is 1. The maximum atomic E-state index is 9.91. The fourth-order valence-electron chi connectivity index (χ4n) is 3.24. The van der Waals surface area contributed by atoms with Crippen LogP contribution in [0.5, 0.6) is 0 Å². The maximum Gasteiger partial charge on any atom is 0.101 e. The van der Waals surface area contributed by atoms with Crippen LogP contribution in [0.15, 0.2) is 18.2 Å². The van der Waals surface area contributed by atoms with E-state index in [1.54, 1.807) is 6.07 Å². The van der Waals surface area contributed by atoms with Crippen molar-refractivity contribution < 1.29 is 5.11 Å². The van der Waals surface area contributed by atoms with Crippen molar-refractivity contribution in [1.82, 2.24) is 0 Å². The molecule has 1 N–H and O–H groups in total. The number of nitriles is 1. The fraction of sp³-hybridized carbons (Fsp3) is 0.500. The van der Waals surface area contributed by atoms with Gasteiger partial charge < -0.3 is 10.0 Å². The van der Waals surface area contributed by atoms with Gasteiger partial charge in [0.05, 0.1) is 16.7 Å². The first-order chi connectivity index (χ1) is 8.69. The topological polar surface area (TPSA) is 47.3 Å². The molecule has 1 aliphatic heterocycles. The summed E-state index contributed by atoms with van der Waals surface area (Å²) in [5.41, 5.74) is 1.57. The van der Waals surface area contributed by atoms with Crippen LogP contribution < -0.4 is 4.90 Å². The van der Waals surface area contributed by atoms with Gasteiger partial charge in [-0.25, -0.2) is 0 Å². The SMILES string of the molecule is N#Cc1ccc(N2CC3CCC(O)C3C2)cc1Cl. The Balaban J connectivity index is 1.81. The molecule has 18 heavy (non-hydrogen) atoms. The summed E-state index contributed by atoms with van der Waals surface area (Å²) < 4.78 is 0. The Bertz CT molecular complexity index is 511. The molecule has 1 saturated carbocycles. The first-order valence-corrected chi connectivity index (χ1v) is 6.69. The van der Waals surface area contributed by atoms with Gasteiger partial charge in [0.15, 0.2) is 0 Å². The molecule has 1 heterocycles. The Labute approximate surface area is 112 Å². The molecule has 94 valence electrons. The van der Waals surface area contributed by atoms with Crippen molar-refractivity contribution >= 4 is 17.3 Å². The summed E-state index contributed by atoms with van der Waals surface area (Å²) in [5.74, 6) is 1.01. The third kappa shape index (κ3) is 1.86. The molecule has 1 saturated heterocycles. The molecule has 3 atom stereocenters. The quantitative estimate of drug-likeness (QED) is 0.846. The second-order valence-electron chi connectivity index (χ2n) is 5.25. The monoisotopic (exact) mass is 262 g/mol. The number of aliphatic hydroxyl groups is 1. The van der Waals surface area contributed by atoms with Crippen LogP contribution in [0.2, 0.25) is 5.02 Å². The molecule has 0 bridgehead atoms. The van der Waals surface area contributed by atoms with E-state index in [1.165, 1.54) is 0 Å². The molecule has 3 nitrogen and oxygen atoms in total. The normalized spacial score (nSPS) is 30.3. The molecule has 1 aromatic carbocycles. The third-order valence-electron chi connectivity index (χ3n) is 4.26. The number of hydrogen-bond donors (Lipinski definition) is 1. The average molecular weight is 263 g/mol. The number of fused-ring (bicyclic) bond motifs is 1. The molecule has 2 aliphatic rings. The Morgan fingerprint density at radius 2 is 2.17 bits per heavy atom. The minimum atomic E-state index is -0.145. The highest BCUT2D eigenvalue weighted by atomic mass is 35.5. The predicted octanol–water partition coefficient (Wildman–Crippen LogP) is 2.42. The van der Waals surface area contributed by atoms with Gasteiger partial charge in [-0.2, -0.15) is 5.26 Å². The Hall–Kier alpha value is -1.24. The van der Waals surface area contributed by atoms with Crippen molar-refractivity contribution in [2.75, 3.05) is 18.0 Å². The molecule has 3 unspecified atom stereocenters. The average Bonchev–Trinajstić information content (AvgIpc) is 2.92. The van der Waals surface area contributed by atoms with Crippen molar-refractivity contribution in [3.63, 3.8) is 0 Å². The summed E-state index contributed by atoms with van der Waals surface area (Å²) in [5, 5.41) is 19.3. The van der Waals surface area contributed by atoms with Gasteiger partial charge in [-0.1, -0.05) is 11.6 Å². The van der Waals surface area contributed by atoms with Crippen LogP contribution in [-0.2, 0) is 0 Å². The molecule has 1 aromatic rings. The first kappa shape index (κ1) is 11.8. The van der Waals surface area contributed by atoms with Crippen LogP contribution in [0.4, 0.5) is 5.69 Å². The minimum Gasteiger partial charge on any atom is -0.393 e. The summed E-state index contributed by atoms with van der Waals surface area (Å²) >= 11 is 6.06. The van der Waals surface area contributed by atoms with Crippen molar-refractivity contribution in [2.45, 2.75) is 18.9 Å². The lowest BCUT2D eigenvalue weighted by Gasteiger charge is -2.20. The molecule has 0 amide bonds. The molecule has 3 rings (SSSR count). The zero-order valence-corrected chi connectivity index (χ0v) is 10.8. The molecular weight excluding hydrogens is 248 g/mol. The van der Waals surface area contributed by atoms with Gasteiger partial charge in [-0.05, 0) is 37.0 Å². The van der Waals surface area contributed by atoms with Crippen LogP contribution in [0.25, 0.3) is 0 Å². The highest BCUT2D eigenvalue weighted by molar-refractivity contribution is 6.32. The van der Waals surface area contributed by atoms with E-state index in [-0.39, 0.29) is 6.10 Å². The van der Waals surface area contributed by atoms with Gasteiger partial charge in [-0.15, -0.1) is 0 Å². The standard InChI is InChI=1S/C14H15ClN2O/c15-13-5-11(3-1-9(13)6-16)17-7-10-2-4-14(18)12(10)8-17/h1,3,5,10,12,14,18H,2,4,7-8H2. The maximum absolute atomic E-state index is 9.91. The van der Waals surface area contributed by atoms with E-state index in [0.29, 0.717) is 22.4 Å². The van der Waals surface area contributed by atoms with Gasteiger partial charge >= 0.3 is 0 Å². The number of benzene rings is 1. The van der Waals surface area contributed by atoms with Crippen LogP contribution >= 0.6 is 11.6 Å². The lowest BCUT2D eigenvalue weighted by atomic mass is 10.00. The Morgan fingerprint density at radius 1 is 1.33 bits per heavy atom. The first-order valence-electron chi connectivity index (χ1n) is 6.31. The van der Waals surface area contributed by atoms with Crippen LogP contribution in [0.1, 0.15) is 18.4 Å². The van der Waals surface area contributed by atoms with Crippen LogP contribution in [0, 0.1) is 23.2 Å². The van der Waals surface area contributed by atoms with Crippen molar-refractivity contribution in [3.05, 3.63) is 28.8 Å². The summed E-state index contributed by atoms with van der Waals surface area (Å²) in [6, 6.07) is 7.63. The van der Waals surface area contributed by atoms with E-state index in [2.05, 4.69) is 11.0 Å². The molecule has 0 spiro atoms. The second-order valence-corrected chi connectivity index (χ2v) is 5.66. The lowest BCUT2D eigenvalue weighted by molar-refractivity contribution is 0.133. The highest BCUT2D eigenvalue weighted by Crippen LogP contribution is 2.40. The zero-order valence-electron chi connectivity index (χ0n) is 10.0. The number of rotatable bonds is 1. The van der Waals surface area contributed by atoms with E-state index in [1.807, 2.05) is 12.1 Å². The van der Waals surface area contributed by atoms with Gasteiger partial charge in [-0.3, -0.25) is 0 Å². The van der Waals surface area contributed by atoms with E-state index in [0.717, 1.165) is 31.6 Å². The van der Waals surface area contributed by atoms with Crippen molar-refractivity contribution in [2.24, 2.45) is 11.8 Å². The van der Waals surface area contributed by atoms with Gasteiger partial charge in [0, 0.05) is 24.7 Å². The third-order valence-corrected chi connectivity index (χ3v) is 4.57. The summed E-state index contributed by atoms with van der Waals surface area (Å²) in [7, 11) is 0. The summed E-state index contributed by atoms with van der Waals surface area (Å²) in [6.45, 7) is 1.89. The Kier molecular flexibility index (Phi) is 2.93. The van der Waals surface area contributed by atoms with E-state index in [9.17, 15) is 5.11 Å². The number of nitrogens with zero attached hydrogens (tertiary/aromatic N) is 2. The molecule has 2 fully saturated rings. The van der Waals surface area contributed by atoms with Gasteiger partial charge in [0.2, 0.25) is 0 Å². The number of halogens is 1. The number of hydrogen-bond acceptors (Lipinski definition) is 3. The van der Waals surface area contributed by atoms with Gasteiger partial charge in [0.1, 0.15) is 6.07 Å². The molecular formula is C14H15ClN2O. The molecule has 1 aliphatic carbocycles.